The van der Waals surface area contributed by atoms with Gasteiger partial charge in [-0.1, -0.05) is 11.8 Å². The molecule has 0 radical (unpaired) electrons. The summed E-state index contributed by atoms with van der Waals surface area (Å²) in [5.41, 5.74) is 0. The molecule has 2 aromatic rings. The average molecular weight is 235 g/mol. The second kappa shape index (κ2) is 5.55. The number of furan rings is 1. The highest BCUT2D eigenvalue weighted by Crippen LogP contribution is 2.21. The van der Waals surface area contributed by atoms with Gasteiger partial charge >= 0.3 is 0 Å². The molecule has 0 fully saturated rings. The Morgan fingerprint density at radius 1 is 1.44 bits per heavy atom. The van der Waals surface area contributed by atoms with Gasteiger partial charge in [-0.25, -0.2) is 9.97 Å². The Balaban J connectivity index is 1.96. The summed E-state index contributed by atoms with van der Waals surface area (Å²) in [5, 5.41) is 4.10. The highest BCUT2D eigenvalue weighted by atomic mass is 32.2. The lowest BCUT2D eigenvalue weighted by atomic mass is 10.5. The Morgan fingerprint density at radius 2 is 2.38 bits per heavy atom. The number of rotatable bonds is 5. The molecular formula is C11H13N3OS. The Bertz CT molecular complexity index is 431. The summed E-state index contributed by atoms with van der Waals surface area (Å²) in [5.74, 6) is 2.60. The Kier molecular flexibility index (Phi) is 3.82. The van der Waals surface area contributed by atoms with E-state index in [1.165, 1.54) is 0 Å². The van der Waals surface area contributed by atoms with E-state index in [0.29, 0.717) is 0 Å². The first-order valence-corrected chi connectivity index (χ1v) is 6.08. The van der Waals surface area contributed by atoms with Gasteiger partial charge in [0.1, 0.15) is 22.9 Å². The maximum Gasteiger partial charge on any atom is 0.130 e. The molecule has 0 unspecified atom stereocenters. The number of hydrogen-bond donors (Lipinski definition) is 1. The van der Waals surface area contributed by atoms with Crippen molar-refractivity contribution in [1.82, 2.24) is 9.97 Å². The number of nitrogens with zero attached hydrogens (tertiary/aromatic N) is 2. The number of aromatic nitrogens is 2. The van der Waals surface area contributed by atoms with E-state index >= 15 is 0 Å². The van der Waals surface area contributed by atoms with Gasteiger partial charge in [-0.2, -0.15) is 0 Å². The molecule has 2 heterocycles. The van der Waals surface area contributed by atoms with Crippen LogP contribution in [0.5, 0.6) is 0 Å². The molecule has 0 saturated heterocycles. The third-order valence-electron chi connectivity index (χ3n) is 1.94. The minimum absolute atomic E-state index is 0.787. The van der Waals surface area contributed by atoms with Crippen molar-refractivity contribution in [3.05, 3.63) is 36.5 Å². The van der Waals surface area contributed by atoms with Crippen LogP contribution in [0.3, 0.4) is 0 Å². The van der Waals surface area contributed by atoms with Gasteiger partial charge in [0.2, 0.25) is 0 Å². The molecule has 0 aromatic carbocycles. The van der Waals surface area contributed by atoms with Gasteiger partial charge in [-0.05, 0) is 19.1 Å². The van der Waals surface area contributed by atoms with Crippen molar-refractivity contribution >= 4 is 17.6 Å². The first-order chi connectivity index (χ1) is 7.88. The number of thioether (sulfide) groups is 1. The number of hydrogen-bond acceptors (Lipinski definition) is 5. The molecule has 0 spiro atoms. The van der Waals surface area contributed by atoms with Crippen molar-refractivity contribution in [3.63, 3.8) is 0 Å². The van der Waals surface area contributed by atoms with Crippen molar-refractivity contribution in [3.8, 4) is 0 Å². The predicted molar refractivity (Wildman–Crippen MR) is 64.5 cm³/mol. The zero-order valence-corrected chi connectivity index (χ0v) is 9.83. The van der Waals surface area contributed by atoms with Gasteiger partial charge in [-0.15, -0.1) is 0 Å². The molecule has 0 aliphatic carbocycles. The van der Waals surface area contributed by atoms with Gasteiger partial charge in [0.15, 0.2) is 0 Å². The molecule has 16 heavy (non-hydrogen) atoms. The van der Waals surface area contributed by atoms with Crippen LogP contribution in [0.4, 0.5) is 5.82 Å². The van der Waals surface area contributed by atoms with Crippen LogP contribution in [0, 0.1) is 0 Å². The lowest BCUT2D eigenvalue weighted by Crippen LogP contribution is -1.99. The molecule has 0 aliphatic heterocycles. The Labute approximate surface area is 98.5 Å². The Hall–Kier alpha value is -1.49. The van der Waals surface area contributed by atoms with Crippen LogP contribution >= 0.6 is 11.8 Å². The van der Waals surface area contributed by atoms with Crippen molar-refractivity contribution in [2.75, 3.05) is 11.9 Å². The third kappa shape index (κ3) is 3.00. The molecule has 2 rings (SSSR count). The van der Waals surface area contributed by atoms with Crippen LogP contribution in [0.15, 0.2) is 40.2 Å². The van der Waals surface area contributed by atoms with Crippen molar-refractivity contribution in [2.45, 2.75) is 17.7 Å². The zero-order valence-electron chi connectivity index (χ0n) is 9.01. The second-order valence-electron chi connectivity index (χ2n) is 3.14. The van der Waals surface area contributed by atoms with E-state index in [4.69, 9.17) is 4.42 Å². The van der Waals surface area contributed by atoms with Crippen LogP contribution < -0.4 is 5.32 Å². The minimum Gasteiger partial charge on any atom is -0.468 e. The van der Waals surface area contributed by atoms with Gasteiger partial charge in [0, 0.05) is 12.6 Å². The SMILES string of the molecule is CCNc1cc(SCc2ccco2)ncn1. The molecule has 0 saturated carbocycles. The third-order valence-corrected chi connectivity index (χ3v) is 2.89. The quantitative estimate of drug-likeness (QED) is 0.638. The van der Waals surface area contributed by atoms with Gasteiger partial charge in [0.25, 0.3) is 0 Å². The van der Waals surface area contributed by atoms with E-state index in [-0.39, 0.29) is 0 Å². The maximum absolute atomic E-state index is 5.25. The highest BCUT2D eigenvalue weighted by molar-refractivity contribution is 7.98. The predicted octanol–water partition coefficient (Wildman–Crippen LogP) is 2.79. The standard InChI is InChI=1S/C11H13N3OS/c1-2-12-10-6-11(14-8-13-10)16-7-9-4-3-5-15-9/h3-6,8H,2,7H2,1H3,(H,12,13,14). The Morgan fingerprint density at radius 3 is 3.12 bits per heavy atom. The minimum atomic E-state index is 0.787. The van der Waals surface area contributed by atoms with Crippen LogP contribution in [0.25, 0.3) is 0 Å². The largest absolute Gasteiger partial charge is 0.468 e. The normalized spacial score (nSPS) is 10.3. The zero-order chi connectivity index (χ0) is 11.2. The highest BCUT2D eigenvalue weighted by Gasteiger charge is 2.01. The van der Waals surface area contributed by atoms with E-state index in [1.54, 1.807) is 24.4 Å². The van der Waals surface area contributed by atoms with Crippen LogP contribution in [-0.2, 0) is 5.75 Å². The summed E-state index contributed by atoms with van der Waals surface area (Å²) in [6.07, 6.45) is 3.25. The van der Waals surface area contributed by atoms with Crippen LogP contribution in [0.2, 0.25) is 0 Å². The molecule has 5 heteroatoms. The summed E-state index contributed by atoms with van der Waals surface area (Å²) < 4.78 is 5.25. The molecule has 0 bridgehead atoms. The maximum atomic E-state index is 5.25. The van der Waals surface area contributed by atoms with E-state index in [9.17, 15) is 0 Å². The summed E-state index contributed by atoms with van der Waals surface area (Å²) in [7, 11) is 0. The van der Waals surface area contributed by atoms with E-state index in [2.05, 4.69) is 15.3 Å². The monoisotopic (exact) mass is 235 g/mol. The van der Waals surface area contributed by atoms with Crippen molar-refractivity contribution < 1.29 is 4.42 Å². The number of anilines is 1. The lowest BCUT2D eigenvalue weighted by Gasteiger charge is -2.03. The average Bonchev–Trinajstić information content (AvgIpc) is 2.80. The molecule has 1 N–H and O–H groups in total. The van der Waals surface area contributed by atoms with E-state index in [1.807, 2.05) is 25.1 Å². The molecule has 4 nitrogen and oxygen atoms in total. The fourth-order valence-corrected chi connectivity index (χ4v) is 2.01. The van der Waals surface area contributed by atoms with Crippen molar-refractivity contribution in [1.29, 1.82) is 0 Å². The fraction of sp³-hybridized carbons (Fsp3) is 0.273. The first kappa shape index (κ1) is 11.0. The fourth-order valence-electron chi connectivity index (χ4n) is 1.24. The topological polar surface area (TPSA) is 51.0 Å². The van der Waals surface area contributed by atoms with E-state index in [0.717, 1.165) is 28.9 Å². The number of nitrogens with one attached hydrogen (secondary N) is 1. The molecule has 0 atom stereocenters. The van der Waals surface area contributed by atoms with E-state index < -0.39 is 0 Å². The second-order valence-corrected chi connectivity index (χ2v) is 4.14. The molecule has 0 aliphatic rings. The van der Waals surface area contributed by atoms with Crippen LogP contribution in [0.1, 0.15) is 12.7 Å². The molecule has 84 valence electrons. The summed E-state index contributed by atoms with van der Waals surface area (Å²) in [6.45, 7) is 2.90. The van der Waals surface area contributed by atoms with Crippen molar-refractivity contribution in [2.24, 2.45) is 0 Å². The molecular weight excluding hydrogens is 222 g/mol. The summed E-state index contributed by atoms with van der Waals surface area (Å²) in [4.78, 5) is 8.31. The molecule has 0 amide bonds. The summed E-state index contributed by atoms with van der Waals surface area (Å²) >= 11 is 1.63. The van der Waals surface area contributed by atoms with Gasteiger partial charge in [-0.3, -0.25) is 0 Å². The van der Waals surface area contributed by atoms with Gasteiger partial charge < -0.3 is 9.73 Å². The smallest absolute Gasteiger partial charge is 0.130 e. The lowest BCUT2D eigenvalue weighted by molar-refractivity contribution is 0.530. The molecule has 2 aromatic heterocycles. The summed E-state index contributed by atoms with van der Waals surface area (Å²) in [6, 6.07) is 5.79. The van der Waals surface area contributed by atoms with Crippen LogP contribution in [-0.4, -0.2) is 16.5 Å². The van der Waals surface area contributed by atoms with Gasteiger partial charge in [0.05, 0.1) is 12.0 Å². The first-order valence-electron chi connectivity index (χ1n) is 5.09.